The largest absolute Gasteiger partial charge is 0.369 e. The maximum atomic E-state index is 14.3. The molecule has 1 saturated heterocycles. The molecule has 0 unspecified atom stereocenters. The lowest BCUT2D eigenvalue weighted by Gasteiger charge is -2.29. The predicted molar refractivity (Wildman–Crippen MR) is 83.9 cm³/mol. The van der Waals surface area contributed by atoms with E-state index in [-0.39, 0.29) is 11.4 Å². The van der Waals surface area contributed by atoms with Crippen molar-refractivity contribution in [3.63, 3.8) is 0 Å². The second kappa shape index (κ2) is 6.94. The van der Waals surface area contributed by atoms with E-state index in [1.807, 2.05) is 4.90 Å². The first kappa shape index (κ1) is 16.4. The molecule has 1 aliphatic heterocycles. The van der Waals surface area contributed by atoms with Gasteiger partial charge in [-0.05, 0) is 43.5 Å². The van der Waals surface area contributed by atoms with Crippen molar-refractivity contribution in [2.45, 2.75) is 25.8 Å². The zero-order valence-electron chi connectivity index (χ0n) is 12.9. The quantitative estimate of drug-likeness (QED) is 0.926. The SMILES string of the molecule is O=C(Nc1ccc(N2CCCCC2)c(F)c1)c1ccn(C(F)F)n1. The number of hydrogen-bond donors (Lipinski definition) is 1. The maximum Gasteiger partial charge on any atom is 0.333 e. The van der Waals surface area contributed by atoms with Crippen molar-refractivity contribution >= 4 is 17.3 Å². The molecule has 5 nitrogen and oxygen atoms in total. The lowest BCUT2D eigenvalue weighted by molar-refractivity contribution is 0.0561. The number of rotatable bonds is 4. The molecule has 0 bridgehead atoms. The minimum absolute atomic E-state index is 0.157. The van der Waals surface area contributed by atoms with Gasteiger partial charge in [-0.3, -0.25) is 4.79 Å². The van der Waals surface area contributed by atoms with Crippen LogP contribution in [-0.4, -0.2) is 28.8 Å². The number of hydrogen-bond acceptors (Lipinski definition) is 3. The smallest absolute Gasteiger partial charge is 0.333 e. The molecule has 0 spiro atoms. The van der Waals surface area contributed by atoms with Crippen LogP contribution in [0.3, 0.4) is 0 Å². The number of benzene rings is 1. The van der Waals surface area contributed by atoms with Gasteiger partial charge in [0.25, 0.3) is 5.91 Å². The van der Waals surface area contributed by atoms with Gasteiger partial charge in [-0.2, -0.15) is 13.9 Å². The Morgan fingerprint density at radius 3 is 2.54 bits per heavy atom. The molecule has 1 aromatic heterocycles. The fourth-order valence-electron chi connectivity index (χ4n) is 2.74. The minimum Gasteiger partial charge on any atom is -0.369 e. The highest BCUT2D eigenvalue weighted by Gasteiger charge is 2.17. The number of carbonyl (C=O) groups excluding carboxylic acids is 1. The molecule has 2 aromatic rings. The monoisotopic (exact) mass is 338 g/mol. The van der Waals surface area contributed by atoms with Crippen molar-refractivity contribution in [1.29, 1.82) is 0 Å². The molecule has 1 fully saturated rings. The summed E-state index contributed by atoms with van der Waals surface area (Å²) in [6.45, 7) is -1.19. The number of piperidine rings is 1. The first-order valence-corrected chi connectivity index (χ1v) is 7.74. The molecule has 1 amide bonds. The van der Waals surface area contributed by atoms with E-state index in [1.165, 1.54) is 12.1 Å². The highest BCUT2D eigenvalue weighted by atomic mass is 19.3. The number of nitrogens with zero attached hydrogens (tertiary/aromatic N) is 3. The van der Waals surface area contributed by atoms with Crippen LogP contribution in [0.15, 0.2) is 30.5 Å². The third-order valence-electron chi connectivity index (χ3n) is 3.94. The molecular weight excluding hydrogens is 321 g/mol. The molecule has 0 aliphatic carbocycles. The molecule has 128 valence electrons. The van der Waals surface area contributed by atoms with E-state index >= 15 is 0 Å². The topological polar surface area (TPSA) is 50.2 Å². The van der Waals surface area contributed by atoms with Crippen LogP contribution in [0.25, 0.3) is 0 Å². The Bertz CT molecular complexity index is 726. The molecule has 1 aliphatic rings. The summed E-state index contributed by atoms with van der Waals surface area (Å²) in [7, 11) is 0. The molecule has 0 atom stereocenters. The van der Waals surface area contributed by atoms with Crippen LogP contribution in [0, 0.1) is 5.82 Å². The average Bonchev–Trinajstić information content (AvgIpc) is 3.06. The minimum atomic E-state index is -2.81. The van der Waals surface area contributed by atoms with Gasteiger partial charge in [-0.25, -0.2) is 9.07 Å². The van der Waals surface area contributed by atoms with Gasteiger partial charge < -0.3 is 10.2 Å². The summed E-state index contributed by atoms with van der Waals surface area (Å²) in [5.41, 5.74) is 0.607. The van der Waals surface area contributed by atoms with Crippen molar-refractivity contribution in [2.75, 3.05) is 23.3 Å². The first-order valence-electron chi connectivity index (χ1n) is 7.74. The highest BCUT2D eigenvalue weighted by molar-refractivity contribution is 6.02. The summed E-state index contributed by atoms with van der Waals surface area (Å²) in [5, 5.41) is 5.94. The predicted octanol–water partition coefficient (Wildman–Crippen LogP) is 3.66. The molecule has 24 heavy (non-hydrogen) atoms. The molecule has 1 N–H and O–H groups in total. The van der Waals surface area contributed by atoms with Crippen molar-refractivity contribution in [2.24, 2.45) is 0 Å². The van der Waals surface area contributed by atoms with Crippen molar-refractivity contribution in [3.8, 4) is 0 Å². The molecule has 0 radical (unpaired) electrons. The zero-order valence-corrected chi connectivity index (χ0v) is 12.9. The van der Waals surface area contributed by atoms with Gasteiger partial charge in [-0.15, -0.1) is 0 Å². The average molecular weight is 338 g/mol. The van der Waals surface area contributed by atoms with Crippen LogP contribution >= 0.6 is 0 Å². The number of amides is 1. The van der Waals surface area contributed by atoms with Crippen LogP contribution in [-0.2, 0) is 0 Å². The fourth-order valence-corrected chi connectivity index (χ4v) is 2.74. The van der Waals surface area contributed by atoms with Gasteiger partial charge in [0.15, 0.2) is 5.69 Å². The summed E-state index contributed by atoms with van der Waals surface area (Å²) in [6, 6.07) is 5.62. The van der Waals surface area contributed by atoms with E-state index in [0.29, 0.717) is 10.4 Å². The van der Waals surface area contributed by atoms with Gasteiger partial charge in [0.05, 0.1) is 5.69 Å². The van der Waals surface area contributed by atoms with E-state index in [1.54, 1.807) is 12.1 Å². The van der Waals surface area contributed by atoms with E-state index < -0.39 is 18.3 Å². The summed E-state index contributed by atoms with van der Waals surface area (Å²) < 4.78 is 39.6. The third-order valence-corrected chi connectivity index (χ3v) is 3.94. The van der Waals surface area contributed by atoms with Gasteiger partial charge in [-0.1, -0.05) is 0 Å². The molecule has 2 heterocycles. The third kappa shape index (κ3) is 3.52. The summed E-state index contributed by atoms with van der Waals surface area (Å²) >= 11 is 0. The van der Waals surface area contributed by atoms with Gasteiger partial charge in [0.1, 0.15) is 5.82 Å². The highest BCUT2D eigenvalue weighted by Crippen LogP contribution is 2.26. The first-order chi connectivity index (χ1) is 11.5. The van der Waals surface area contributed by atoms with Crippen LogP contribution in [0.4, 0.5) is 24.5 Å². The van der Waals surface area contributed by atoms with E-state index in [9.17, 15) is 18.0 Å². The van der Waals surface area contributed by atoms with Crippen LogP contribution in [0.1, 0.15) is 36.3 Å². The number of aromatic nitrogens is 2. The normalized spacial score (nSPS) is 14.9. The van der Waals surface area contributed by atoms with E-state index in [4.69, 9.17) is 0 Å². The van der Waals surface area contributed by atoms with E-state index in [0.717, 1.165) is 38.5 Å². The Labute approximate surface area is 137 Å². The Morgan fingerprint density at radius 2 is 1.92 bits per heavy atom. The number of anilines is 2. The Hall–Kier alpha value is -2.51. The molecule has 1 aromatic carbocycles. The molecule has 0 saturated carbocycles. The molecular formula is C16H17F3N4O. The number of nitrogens with one attached hydrogen (secondary N) is 1. The van der Waals surface area contributed by atoms with Crippen LogP contribution in [0.5, 0.6) is 0 Å². The number of carbonyl (C=O) groups is 1. The van der Waals surface area contributed by atoms with Crippen LogP contribution < -0.4 is 10.2 Å². The molecule has 3 rings (SSSR count). The van der Waals surface area contributed by atoms with Gasteiger partial charge in [0.2, 0.25) is 0 Å². The van der Waals surface area contributed by atoms with Gasteiger partial charge >= 0.3 is 6.55 Å². The Balaban J connectivity index is 1.70. The lowest BCUT2D eigenvalue weighted by Crippen LogP contribution is -2.30. The standard InChI is InChI=1S/C16H17F3N4O/c17-12-10-11(4-5-14(12)22-7-2-1-3-8-22)20-15(24)13-6-9-23(21-13)16(18)19/h4-6,9-10,16H,1-3,7-8H2,(H,20,24). The maximum absolute atomic E-state index is 14.3. The second-order valence-corrected chi connectivity index (χ2v) is 5.63. The zero-order chi connectivity index (χ0) is 17.1. The van der Waals surface area contributed by atoms with Crippen molar-refractivity contribution < 1.29 is 18.0 Å². The summed E-state index contributed by atoms with van der Waals surface area (Å²) in [6.07, 6.45) is 4.23. The van der Waals surface area contributed by atoms with Gasteiger partial charge in [0, 0.05) is 25.0 Å². The van der Waals surface area contributed by atoms with Crippen molar-refractivity contribution in [1.82, 2.24) is 9.78 Å². The summed E-state index contributed by atoms with van der Waals surface area (Å²) in [4.78, 5) is 14.0. The second-order valence-electron chi connectivity index (χ2n) is 5.63. The molecule has 8 heteroatoms. The number of alkyl halides is 2. The summed E-state index contributed by atoms with van der Waals surface area (Å²) in [5.74, 6) is -1.09. The number of halogens is 3. The van der Waals surface area contributed by atoms with Crippen molar-refractivity contribution in [3.05, 3.63) is 42.0 Å². The Kier molecular flexibility index (Phi) is 4.73. The van der Waals surface area contributed by atoms with Crippen LogP contribution in [0.2, 0.25) is 0 Å². The lowest BCUT2D eigenvalue weighted by atomic mass is 10.1. The van der Waals surface area contributed by atoms with E-state index in [2.05, 4.69) is 10.4 Å². The Morgan fingerprint density at radius 1 is 1.17 bits per heavy atom. The fraction of sp³-hybridized carbons (Fsp3) is 0.375.